The lowest BCUT2D eigenvalue weighted by Crippen LogP contribution is -2.25. The lowest BCUT2D eigenvalue weighted by Gasteiger charge is -2.22. The molecule has 0 bridgehead atoms. The van der Waals surface area contributed by atoms with Crippen LogP contribution in [0, 0.1) is 0 Å². The van der Waals surface area contributed by atoms with Crippen LogP contribution in [0.3, 0.4) is 0 Å². The van der Waals surface area contributed by atoms with Crippen molar-refractivity contribution >= 4 is 11.8 Å². The van der Waals surface area contributed by atoms with Gasteiger partial charge in [0.05, 0.1) is 5.56 Å². The molecule has 28 heavy (non-hydrogen) atoms. The summed E-state index contributed by atoms with van der Waals surface area (Å²) in [5.74, 6) is 0.260. The van der Waals surface area contributed by atoms with Crippen LogP contribution in [0.1, 0.15) is 50.3 Å². The molecule has 0 aliphatic heterocycles. The second-order valence-corrected chi connectivity index (χ2v) is 6.82. The third kappa shape index (κ3) is 4.73. The molecule has 0 saturated heterocycles. The Morgan fingerprint density at radius 2 is 1.93 bits per heavy atom. The first-order valence-corrected chi connectivity index (χ1v) is 9.75. The normalized spacial score (nSPS) is 11.8. The number of hydrogen-bond acceptors (Lipinski definition) is 4. The van der Waals surface area contributed by atoms with E-state index in [1.165, 1.54) is 6.08 Å². The molecule has 1 heterocycles. The topological polar surface area (TPSA) is 76.6 Å². The van der Waals surface area contributed by atoms with Gasteiger partial charge in [0.25, 0.3) is 5.56 Å². The number of aliphatic hydroxyl groups excluding tert-OH is 1. The zero-order chi connectivity index (χ0) is 20.7. The minimum Gasteiger partial charge on any atom is -0.508 e. The van der Waals surface area contributed by atoms with E-state index in [1.54, 1.807) is 31.3 Å². The first-order valence-electron chi connectivity index (χ1n) is 9.75. The number of aromatic nitrogens is 1. The number of phenolic OH excluding ortho intramolecular Hbond substituents is 1. The Balaban J connectivity index is 2.58. The Morgan fingerprint density at radius 1 is 1.25 bits per heavy atom. The molecule has 5 heteroatoms. The van der Waals surface area contributed by atoms with Gasteiger partial charge in [0, 0.05) is 29.4 Å². The van der Waals surface area contributed by atoms with Gasteiger partial charge in [0.15, 0.2) is 0 Å². The largest absolute Gasteiger partial charge is 0.508 e. The molecular formula is C23H30N2O3. The number of H-pyrrole nitrogens is 1. The van der Waals surface area contributed by atoms with Crippen molar-refractivity contribution in [1.29, 1.82) is 0 Å². The van der Waals surface area contributed by atoms with Crippen LogP contribution in [0.25, 0.3) is 23.0 Å². The lowest BCUT2D eigenvalue weighted by molar-refractivity contribution is 0.263. The first kappa shape index (κ1) is 21.5. The maximum atomic E-state index is 12.2. The van der Waals surface area contributed by atoms with Gasteiger partial charge in [-0.15, -0.1) is 0 Å². The highest BCUT2D eigenvalue weighted by molar-refractivity contribution is 5.83. The number of benzene rings is 1. The predicted octanol–water partition coefficient (Wildman–Crippen LogP) is 4.93. The number of aromatic hydroxyl groups is 1. The summed E-state index contributed by atoms with van der Waals surface area (Å²) < 4.78 is 0. The van der Waals surface area contributed by atoms with E-state index in [0.29, 0.717) is 23.2 Å². The number of nitrogens with one attached hydrogen (secondary N) is 1. The summed E-state index contributed by atoms with van der Waals surface area (Å²) in [7, 11) is 0. The summed E-state index contributed by atoms with van der Waals surface area (Å²) in [6.45, 7) is 12.3. The number of pyridine rings is 1. The van der Waals surface area contributed by atoms with Gasteiger partial charge in [-0.25, -0.2) is 0 Å². The molecule has 0 saturated carbocycles. The number of nitrogens with zero attached hydrogens (tertiary/aromatic N) is 1. The molecule has 0 aliphatic rings. The molecule has 2 rings (SSSR count). The number of allylic oxidation sites excluding steroid dienone is 1. The number of aliphatic hydroxyl groups is 1. The van der Waals surface area contributed by atoms with Crippen molar-refractivity contribution < 1.29 is 10.2 Å². The molecular weight excluding hydrogens is 352 g/mol. The van der Waals surface area contributed by atoms with Crippen LogP contribution in [-0.2, 0) is 6.54 Å². The third-order valence-corrected chi connectivity index (χ3v) is 4.73. The van der Waals surface area contributed by atoms with Crippen LogP contribution in [0.2, 0.25) is 0 Å². The van der Waals surface area contributed by atoms with Crippen LogP contribution >= 0.6 is 0 Å². The molecule has 5 nitrogen and oxygen atoms in total. The molecule has 1 aromatic heterocycles. The fourth-order valence-electron chi connectivity index (χ4n) is 3.41. The molecule has 1 aromatic carbocycles. The van der Waals surface area contributed by atoms with Gasteiger partial charge in [-0.1, -0.05) is 32.6 Å². The van der Waals surface area contributed by atoms with E-state index < -0.39 is 0 Å². The summed E-state index contributed by atoms with van der Waals surface area (Å²) in [6, 6.07) is 5.37. The van der Waals surface area contributed by atoms with Crippen molar-refractivity contribution in [2.24, 2.45) is 0 Å². The Morgan fingerprint density at radius 3 is 2.50 bits per heavy atom. The van der Waals surface area contributed by atoms with Crippen LogP contribution in [0.5, 0.6) is 5.75 Å². The fraction of sp³-hybridized carbons (Fsp3) is 0.348. The van der Waals surface area contributed by atoms with Crippen molar-refractivity contribution in [3.8, 4) is 16.9 Å². The maximum Gasteiger partial charge on any atom is 0.255 e. The van der Waals surface area contributed by atoms with Gasteiger partial charge in [-0.2, -0.15) is 0 Å². The molecule has 0 aliphatic carbocycles. The molecule has 0 atom stereocenters. The van der Waals surface area contributed by atoms with E-state index in [0.717, 1.165) is 37.1 Å². The monoisotopic (exact) mass is 382 g/mol. The highest BCUT2D eigenvalue weighted by atomic mass is 16.3. The summed E-state index contributed by atoms with van der Waals surface area (Å²) in [5, 5.41) is 20.8. The third-order valence-electron chi connectivity index (χ3n) is 4.73. The van der Waals surface area contributed by atoms with E-state index in [2.05, 4.69) is 30.3 Å². The van der Waals surface area contributed by atoms with Crippen molar-refractivity contribution in [2.75, 3.05) is 13.1 Å². The van der Waals surface area contributed by atoms with Gasteiger partial charge in [0.2, 0.25) is 0 Å². The predicted molar refractivity (Wildman–Crippen MR) is 116 cm³/mol. The van der Waals surface area contributed by atoms with Crippen LogP contribution < -0.4 is 5.56 Å². The Hall–Kier alpha value is -2.79. The smallest absolute Gasteiger partial charge is 0.255 e. The summed E-state index contributed by atoms with van der Waals surface area (Å²) in [4.78, 5) is 17.2. The van der Waals surface area contributed by atoms with Crippen molar-refractivity contribution in [3.05, 3.63) is 64.1 Å². The number of hydrogen-bond donors (Lipinski definition) is 3. The number of rotatable bonds is 9. The second kappa shape index (κ2) is 9.95. The lowest BCUT2D eigenvalue weighted by atomic mass is 9.95. The van der Waals surface area contributed by atoms with E-state index in [9.17, 15) is 15.0 Å². The molecule has 0 spiro atoms. The van der Waals surface area contributed by atoms with Crippen LogP contribution in [-0.4, -0.2) is 33.2 Å². The van der Waals surface area contributed by atoms with Gasteiger partial charge >= 0.3 is 0 Å². The van der Waals surface area contributed by atoms with E-state index in [1.807, 2.05) is 6.07 Å². The minimum atomic E-state index is -0.307. The van der Waals surface area contributed by atoms with Crippen molar-refractivity contribution in [1.82, 2.24) is 9.88 Å². The average Bonchev–Trinajstić information content (AvgIpc) is 2.69. The number of phenols is 1. The Labute approximate surface area is 166 Å². The van der Waals surface area contributed by atoms with E-state index >= 15 is 0 Å². The number of aromatic amines is 1. The van der Waals surface area contributed by atoms with Gasteiger partial charge in [-0.3, -0.25) is 9.69 Å². The van der Waals surface area contributed by atoms with E-state index in [-0.39, 0.29) is 17.1 Å². The molecule has 0 unspecified atom stereocenters. The SMILES string of the molecule is C=Cc1c(/C(O)=C\C)c(-c2ccc(O)c(CN(CCC)CCC)c2)c[nH]c1=O. The van der Waals surface area contributed by atoms with Gasteiger partial charge in [-0.05, 0) is 56.6 Å². The fourth-order valence-corrected chi connectivity index (χ4v) is 3.41. The molecule has 3 N–H and O–H groups in total. The quantitative estimate of drug-likeness (QED) is 0.537. The highest BCUT2D eigenvalue weighted by Crippen LogP contribution is 2.32. The van der Waals surface area contributed by atoms with Crippen molar-refractivity contribution in [3.63, 3.8) is 0 Å². The Bertz CT molecular complexity index is 907. The zero-order valence-corrected chi connectivity index (χ0v) is 17.0. The standard InChI is InChI=1S/C23H30N2O3/c1-5-11-25(12-6-2)15-17-13-16(9-10-21(17)27)19-14-24-23(28)18(7-3)22(19)20(26)8-4/h7-10,13-14,26-27H,3,5-6,11-12,15H2,1-2,4H3,(H,24,28)/b20-8+. The summed E-state index contributed by atoms with van der Waals surface area (Å²) in [6.07, 6.45) is 6.68. The van der Waals surface area contributed by atoms with Gasteiger partial charge in [0.1, 0.15) is 11.5 Å². The average molecular weight is 383 g/mol. The second-order valence-electron chi connectivity index (χ2n) is 6.82. The van der Waals surface area contributed by atoms with Crippen molar-refractivity contribution in [2.45, 2.75) is 40.2 Å². The molecule has 0 radical (unpaired) electrons. The molecule has 150 valence electrons. The Kier molecular flexibility index (Phi) is 7.64. The first-order chi connectivity index (χ1) is 13.5. The van der Waals surface area contributed by atoms with E-state index in [4.69, 9.17) is 0 Å². The van der Waals surface area contributed by atoms with Crippen LogP contribution in [0.15, 0.2) is 41.8 Å². The summed E-state index contributed by atoms with van der Waals surface area (Å²) >= 11 is 0. The molecule has 0 fully saturated rings. The van der Waals surface area contributed by atoms with Crippen LogP contribution in [0.4, 0.5) is 0 Å². The molecule has 2 aromatic rings. The maximum absolute atomic E-state index is 12.2. The summed E-state index contributed by atoms with van der Waals surface area (Å²) in [5.41, 5.74) is 2.76. The van der Waals surface area contributed by atoms with Gasteiger partial charge < -0.3 is 15.2 Å². The minimum absolute atomic E-state index is 0.0178. The molecule has 0 amide bonds. The zero-order valence-electron chi connectivity index (χ0n) is 17.0. The highest BCUT2D eigenvalue weighted by Gasteiger charge is 2.17.